The van der Waals surface area contributed by atoms with E-state index < -0.39 is 80.5 Å². The molecular weight excluding hydrogens is 652 g/mol. The summed E-state index contributed by atoms with van der Waals surface area (Å²) in [4.78, 5) is 12.8. The summed E-state index contributed by atoms with van der Waals surface area (Å²) in [6.45, 7) is -0.909. The molecule has 3 fully saturated rings. The number of methoxy groups -OCH3 is 3. The van der Waals surface area contributed by atoms with Crippen LogP contribution in [0.5, 0.6) is 23.0 Å². The number of carbonyl (C=O) groups excluding carboxylic acids is 1. The highest BCUT2D eigenvalue weighted by molar-refractivity contribution is 5.75. The fraction of sp³-hybridized carbons (Fsp3) is 0.606. The van der Waals surface area contributed by atoms with Crippen molar-refractivity contribution in [1.29, 1.82) is 0 Å². The zero-order valence-electron chi connectivity index (χ0n) is 27.2. The Bertz CT molecular complexity index is 1400. The summed E-state index contributed by atoms with van der Waals surface area (Å²) < 4.78 is 44.1. The van der Waals surface area contributed by atoms with Crippen molar-refractivity contribution in [1.82, 2.24) is 0 Å². The van der Waals surface area contributed by atoms with Gasteiger partial charge in [-0.1, -0.05) is 12.1 Å². The van der Waals surface area contributed by atoms with Crippen LogP contribution in [0.15, 0.2) is 36.4 Å². The van der Waals surface area contributed by atoms with Crippen molar-refractivity contribution in [2.45, 2.75) is 74.3 Å². The molecule has 2 unspecified atom stereocenters. The molecule has 2 aromatic rings. The number of benzene rings is 2. The Morgan fingerprint density at radius 1 is 0.673 bits per heavy atom. The molecule has 49 heavy (non-hydrogen) atoms. The van der Waals surface area contributed by atoms with Crippen LogP contribution in [0.1, 0.15) is 11.1 Å². The predicted octanol–water partition coefficient (Wildman–Crippen LogP) is -1.71. The lowest BCUT2D eigenvalue weighted by atomic mass is 9.85. The first-order valence-corrected chi connectivity index (χ1v) is 15.8. The third kappa shape index (κ3) is 8.04. The molecule has 0 amide bonds. The minimum absolute atomic E-state index is 0.103. The van der Waals surface area contributed by atoms with Crippen molar-refractivity contribution >= 4 is 5.97 Å². The van der Waals surface area contributed by atoms with Crippen LogP contribution in [-0.4, -0.2) is 144 Å². The molecule has 16 heteroatoms. The number of aliphatic hydroxyl groups is 7. The second-order valence-electron chi connectivity index (χ2n) is 12.2. The molecule has 0 spiro atoms. The van der Waals surface area contributed by atoms with Crippen LogP contribution in [0, 0.1) is 11.8 Å². The summed E-state index contributed by atoms with van der Waals surface area (Å²) in [6.07, 6.45) is -14.7. The minimum Gasteiger partial charge on any atom is -0.493 e. The maximum atomic E-state index is 12.8. The van der Waals surface area contributed by atoms with Gasteiger partial charge in [-0.15, -0.1) is 0 Å². The Morgan fingerprint density at radius 3 is 1.86 bits per heavy atom. The van der Waals surface area contributed by atoms with Crippen LogP contribution < -0.4 is 18.9 Å². The highest BCUT2D eigenvalue weighted by Gasteiger charge is 2.48. The Morgan fingerprint density at radius 2 is 1.22 bits per heavy atom. The van der Waals surface area contributed by atoms with Crippen molar-refractivity contribution < 1.29 is 78.4 Å². The van der Waals surface area contributed by atoms with E-state index in [9.17, 15) is 40.5 Å². The number of esters is 1. The van der Waals surface area contributed by atoms with Gasteiger partial charge in [0.1, 0.15) is 48.8 Å². The van der Waals surface area contributed by atoms with E-state index in [1.165, 1.54) is 7.11 Å². The van der Waals surface area contributed by atoms with E-state index in [1.54, 1.807) is 32.4 Å². The molecule has 12 atom stereocenters. The van der Waals surface area contributed by atoms with E-state index in [-0.39, 0.29) is 30.0 Å². The number of aliphatic hydroxyl groups excluding tert-OH is 7. The Labute approximate surface area is 282 Å². The fourth-order valence-electron chi connectivity index (χ4n) is 6.23. The first-order chi connectivity index (χ1) is 23.5. The van der Waals surface area contributed by atoms with Gasteiger partial charge in [-0.3, -0.25) is 4.79 Å². The monoisotopic (exact) mass is 696 g/mol. The number of cyclic esters (lactones) is 1. The second-order valence-corrected chi connectivity index (χ2v) is 12.2. The molecule has 2 aromatic carbocycles. The summed E-state index contributed by atoms with van der Waals surface area (Å²) in [5, 5.41) is 71.4. The third-order valence-electron chi connectivity index (χ3n) is 9.13. The molecule has 7 N–H and O–H groups in total. The lowest BCUT2D eigenvalue weighted by Gasteiger charge is -2.42. The lowest BCUT2D eigenvalue weighted by Crippen LogP contribution is -2.62. The first-order valence-electron chi connectivity index (χ1n) is 15.8. The normalized spacial score (nSPS) is 34.7. The molecule has 3 aliphatic rings. The molecule has 3 heterocycles. The number of hydrogen-bond acceptors (Lipinski definition) is 16. The van der Waals surface area contributed by atoms with E-state index in [0.717, 1.165) is 11.1 Å². The number of carbonyl (C=O) groups is 1. The molecule has 3 aliphatic heterocycles. The minimum atomic E-state index is -1.73. The topological polar surface area (TPSA) is 233 Å². The van der Waals surface area contributed by atoms with E-state index in [1.807, 2.05) is 18.2 Å². The second kappa shape index (κ2) is 16.2. The van der Waals surface area contributed by atoms with Gasteiger partial charge in [-0.05, 0) is 48.2 Å². The van der Waals surface area contributed by atoms with Gasteiger partial charge in [0.2, 0.25) is 6.29 Å². The summed E-state index contributed by atoms with van der Waals surface area (Å²) in [7, 11) is 4.52. The number of ether oxygens (including phenoxy) is 8. The standard InChI is InChI=1S/C33H44O16/c1-42-19-6-4-15(10-21(19)43-2)8-17-13-45-31(41)18(17)9-16-5-7-20(22(11-16)44-3)47-33-30(40)28(38)26(36)24(49-33)14-46-32-29(39)27(37)25(35)23(12-34)48-32/h4-7,10-11,17-18,23-30,32-40H,8-9,12-14H2,1-3H3/t17?,18?,23-,24-,25-,26-,27-,28-,29-,30-,32-,33-/m1/s1. The molecule has 3 saturated heterocycles. The Hall–Kier alpha value is -3.29. The maximum Gasteiger partial charge on any atom is 0.309 e. The van der Waals surface area contributed by atoms with Crippen LogP contribution in [-0.2, 0) is 36.6 Å². The van der Waals surface area contributed by atoms with Gasteiger partial charge in [0.05, 0.1) is 47.1 Å². The van der Waals surface area contributed by atoms with Crippen LogP contribution in [0.3, 0.4) is 0 Å². The number of rotatable bonds is 13. The van der Waals surface area contributed by atoms with Crippen LogP contribution in [0.25, 0.3) is 0 Å². The third-order valence-corrected chi connectivity index (χ3v) is 9.13. The molecule has 272 valence electrons. The maximum absolute atomic E-state index is 12.8. The van der Waals surface area contributed by atoms with Crippen molar-refractivity contribution in [2.24, 2.45) is 11.8 Å². The molecule has 0 saturated carbocycles. The molecule has 0 radical (unpaired) electrons. The smallest absolute Gasteiger partial charge is 0.309 e. The molecule has 16 nitrogen and oxygen atoms in total. The van der Waals surface area contributed by atoms with Gasteiger partial charge in [-0.25, -0.2) is 0 Å². The summed E-state index contributed by atoms with van der Waals surface area (Å²) in [6, 6.07) is 10.6. The van der Waals surface area contributed by atoms with Crippen molar-refractivity contribution in [3.05, 3.63) is 47.5 Å². The zero-order valence-corrected chi connectivity index (χ0v) is 27.2. The van der Waals surface area contributed by atoms with Gasteiger partial charge >= 0.3 is 5.97 Å². The predicted molar refractivity (Wildman–Crippen MR) is 165 cm³/mol. The van der Waals surface area contributed by atoms with Crippen molar-refractivity contribution in [3.63, 3.8) is 0 Å². The fourth-order valence-corrected chi connectivity index (χ4v) is 6.23. The van der Waals surface area contributed by atoms with Gasteiger partial charge in [0.15, 0.2) is 29.3 Å². The van der Waals surface area contributed by atoms with Crippen molar-refractivity contribution in [2.75, 3.05) is 41.2 Å². The highest BCUT2D eigenvalue weighted by atomic mass is 16.7. The highest BCUT2D eigenvalue weighted by Crippen LogP contribution is 2.36. The van der Waals surface area contributed by atoms with Gasteiger partial charge in [0.25, 0.3) is 0 Å². The summed E-state index contributed by atoms with van der Waals surface area (Å²) in [5.41, 5.74) is 1.71. The molecular formula is C33H44O16. The van der Waals surface area contributed by atoms with E-state index in [0.29, 0.717) is 24.3 Å². The Balaban J connectivity index is 1.24. The van der Waals surface area contributed by atoms with E-state index >= 15 is 0 Å². The molecule has 0 aromatic heterocycles. The molecule has 5 rings (SSSR count). The van der Waals surface area contributed by atoms with Crippen molar-refractivity contribution in [3.8, 4) is 23.0 Å². The van der Waals surface area contributed by atoms with Crippen LogP contribution in [0.2, 0.25) is 0 Å². The van der Waals surface area contributed by atoms with E-state index in [2.05, 4.69) is 0 Å². The molecule has 0 bridgehead atoms. The molecule has 0 aliphatic carbocycles. The van der Waals surface area contributed by atoms with Gasteiger partial charge < -0.3 is 73.6 Å². The van der Waals surface area contributed by atoms with Crippen LogP contribution in [0.4, 0.5) is 0 Å². The average molecular weight is 697 g/mol. The summed E-state index contributed by atoms with van der Waals surface area (Å²) in [5.74, 6) is 0.707. The van der Waals surface area contributed by atoms with Crippen LogP contribution >= 0.6 is 0 Å². The zero-order chi connectivity index (χ0) is 35.4. The van der Waals surface area contributed by atoms with Gasteiger partial charge in [0, 0.05) is 5.92 Å². The average Bonchev–Trinajstić information content (AvgIpc) is 3.45. The Kier molecular flexibility index (Phi) is 12.2. The quantitative estimate of drug-likeness (QED) is 0.116. The largest absolute Gasteiger partial charge is 0.493 e. The first kappa shape index (κ1) is 37.0. The van der Waals surface area contributed by atoms with Gasteiger partial charge in [-0.2, -0.15) is 0 Å². The van der Waals surface area contributed by atoms with E-state index in [4.69, 9.17) is 37.9 Å². The number of hydrogen-bond donors (Lipinski definition) is 7. The lowest BCUT2D eigenvalue weighted by molar-refractivity contribution is -0.323. The SMILES string of the molecule is COc1ccc(CC2COC(=O)C2Cc2ccc(O[C@@H]3O[C@H](CO[C@@H]4O[C@H](CO)[C@@H](O)[C@@H](O)[C@H]4O)[C@@H](O)[C@@H](O)[C@H]3O)c(OC)c2)cc1OC. The summed E-state index contributed by atoms with van der Waals surface area (Å²) >= 11 is 0.